The van der Waals surface area contributed by atoms with Gasteiger partial charge < -0.3 is 9.80 Å². The van der Waals surface area contributed by atoms with Gasteiger partial charge >= 0.3 is 0 Å². The standard InChI is InChI=1S/C20H21N9/c1-14-23-17-13-21-6-4-16(17)20(26-14)28-10-8-27(9-11-28)18-12-19(25-15(2)24-18)29-7-3-5-22-29/h3-7,12-13H,8-11H2,1-2H3. The number of nitrogens with zero attached hydrogens (tertiary/aromatic N) is 9. The van der Waals surface area contributed by atoms with Gasteiger partial charge in [-0.3, -0.25) is 4.98 Å². The Labute approximate surface area is 168 Å². The van der Waals surface area contributed by atoms with Crippen LogP contribution < -0.4 is 9.80 Å². The van der Waals surface area contributed by atoms with Gasteiger partial charge in [-0.2, -0.15) is 5.10 Å². The lowest BCUT2D eigenvalue weighted by molar-refractivity contribution is 0.639. The lowest BCUT2D eigenvalue weighted by atomic mass is 10.2. The molecule has 0 bridgehead atoms. The molecule has 5 rings (SSSR count). The molecule has 4 aromatic rings. The summed E-state index contributed by atoms with van der Waals surface area (Å²) in [6.07, 6.45) is 7.23. The maximum Gasteiger partial charge on any atom is 0.159 e. The normalized spacial score (nSPS) is 14.6. The Bertz CT molecular complexity index is 1150. The fraction of sp³-hybridized carbons (Fsp3) is 0.300. The first-order chi connectivity index (χ1) is 14.2. The highest BCUT2D eigenvalue weighted by molar-refractivity contribution is 5.88. The molecule has 0 saturated carbocycles. The fourth-order valence-electron chi connectivity index (χ4n) is 3.69. The van der Waals surface area contributed by atoms with Gasteiger partial charge in [0.2, 0.25) is 0 Å². The number of piperazine rings is 1. The van der Waals surface area contributed by atoms with E-state index in [1.165, 1.54) is 0 Å². The van der Waals surface area contributed by atoms with Crippen molar-refractivity contribution >= 4 is 22.5 Å². The first-order valence-electron chi connectivity index (χ1n) is 9.61. The zero-order chi connectivity index (χ0) is 19.8. The van der Waals surface area contributed by atoms with E-state index >= 15 is 0 Å². The third kappa shape index (κ3) is 3.35. The third-order valence-corrected chi connectivity index (χ3v) is 5.04. The van der Waals surface area contributed by atoms with Crippen LogP contribution in [0.1, 0.15) is 11.6 Å². The molecule has 29 heavy (non-hydrogen) atoms. The summed E-state index contributed by atoms with van der Waals surface area (Å²) in [5.74, 6) is 4.18. The molecule has 0 radical (unpaired) electrons. The molecular formula is C20H21N9. The maximum absolute atomic E-state index is 4.72. The lowest BCUT2D eigenvalue weighted by Gasteiger charge is -2.36. The van der Waals surface area contributed by atoms with Crippen LogP contribution in [0.4, 0.5) is 11.6 Å². The van der Waals surface area contributed by atoms with Crippen LogP contribution in [0.15, 0.2) is 43.0 Å². The summed E-state index contributed by atoms with van der Waals surface area (Å²) in [4.78, 5) is 27.2. The van der Waals surface area contributed by atoms with E-state index in [4.69, 9.17) is 4.98 Å². The summed E-state index contributed by atoms with van der Waals surface area (Å²) in [5.41, 5.74) is 0.882. The van der Waals surface area contributed by atoms with Crippen LogP contribution in [0, 0.1) is 13.8 Å². The van der Waals surface area contributed by atoms with Gasteiger partial charge in [-0.15, -0.1) is 0 Å². The van der Waals surface area contributed by atoms with E-state index in [-0.39, 0.29) is 0 Å². The quantitative estimate of drug-likeness (QED) is 0.527. The van der Waals surface area contributed by atoms with Crippen LogP contribution in [-0.4, -0.2) is 60.9 Å². The Hall–Kier alpha value is -3.62. The maximum atomic E-state index is 4.72. The Morgan fingerprint density at radius 1 is 0.828 bits per heavy atom. The molecule has 9 nitrogen and oxygen atoms in total. The highest BCUT2D eigenvalue weighted by Gasteiger charge is 2.22. The molecule has 1 aliphatic rings. The van der Waals surface area contributed by atoms with Gasteiger partial charge in [0.1, 0.15) is 23.3 Å². The van der Waals surface area contributed by atoms with Crippen molar-refractivity contribution < 1.29 is 0 Å². The van der Waals surface area contributed by atoms with E-state index in [1.54, 1.807) is 23.3 Å². The zero-order valence-electron chi connectivity index (χ0n) is 16.4. The van der Waals surface area contributed by atoms with Crippen molar-refractivity contribution in [2.45, 2.75) is 13.8 Å². The van der Waals surface area contributed by atoms with Crippen molar-refractivity contribution in [3.05, 3.63) is 54.6 Å². The van der Waals surface area contributed by atoms with E-state index in [2.05, 4.69) is 34.8 Å². The number of anilines is 2. The topological polar surface area (TPSA) is 88.8 Å². The van der Waals surface area contributed by atoms with Crippen LogP contribution in [0.5, 0.6) is 0 Å². The number of aryl methyl sites for hydroxylation is 2. The first kappa shape index (κ1) is 17.5. The van der Waals surface area contributed by atoms with Gasteiger partial charge in [-0.25, -0.2) is 24.6 Å². The van der Waals surface area contributed by atoms with E-state index < -0.39 is 0 Å². The van der Waals surface area contributed by atoms with Crippen molar-refractivity contribution in [2.75, 3.05) is 36.0 Å². The zero-order valence-corrected chi connectivity index (χ0v) is 16.4. The molecule has 0 atom stereocenters. The molecule has 1 saturated heterocycles. The molecule has 0 unspecified atom stereocenters. The molecule has 146 valence electrons. The summed E-state index contributed by atoms with van der Waals surface area (Å²) in [5, 5.41) is 5.32. The predicted octanol–water partition coefficient (Wildman–Crippen LogP) is 1.94. The average molecular weight is 387 g/mol. The van der Waals surface area contributed by atoms with Crippen LogP contribution in [0.25, 0.3) is 16.7 Å². The molecule has 5 heterocycles. The number of fused-ring (bicyclic) bond motifs is 1. The summed E-state index contributed by atoms with van der Waals surface area (Å²) >= 11 is 0. The predicted molar refractivity (Wildman–Crippen MR) is 110 cm³/mol. The van der Waals surface area contributed by atoms with Gasteiger partial charge in [-0.05, 0) is 26.0 Å². The monoisotopic (exact) mass is 387 g/mol. The van der Waals surface area contributed by atoms with Crippen molar-refractivity contribution in [3.63, 3.8) is 0 Å². The smallest absolute Gasteiger partial charge is 0.159 e. The summed E-state index contributed by atoms with van der Waals surface area (Å²) < 4.78 is 1.76. The summed E-state index contributed by atoms with van der Waals surface area (Å²) in [6, 6.07) is 5.87. The molecule has 0 amide bonds. The minimum absolute atomic E-state index is 0.736. The van der Waals surface area contributed by atoms with E-state index in [0.717, 1.165) is 66.2 Å². The average Bonchev–Trinajstić information content (AvgIpc) is 3.28. The molecule has 0 aromatic carbocycles. The third-order valence-electron chi connectivity index (χ3n) is 5.04. The summed E-state index contributed by atoms with van der Waals surface area (Å²) in [7, 11) is 0. The number of rotatable bonds is 3. The van der Waals surface area contributed by atoms with Crippen molar-refractivity contribution in [3.8, 4) is 5.82 Å². The molecular weight excluding hydrogens is 366 g/mol. The van der Waals surface area contributed by atoms with E-state index in [0.29, 0.717) is 0 Å². The number of aromatic nitrogens is 7. The second-order valence-corrected chi connectivity index (χ2v) is 7.04. The summed E-state index contributed by atoms with van der Waals surface area (Å²) in [6.45, 7) is 7.25. The second kappa shape index (κ2) is 7.08. The Balaban J connectivity index is 1.39. The van der Waals surface area contributed by atoms with Crippen LogP contribution >= 0.6 is 0 Å². The molecule has 0 spiro atoms. The molecule has 1 fully saturated rings. The van der Waals surface area contributed by atoms with Gasteiger partial charge in [0.15, 0.2) is 5.82 Å². The lowest BCUT2D eigenvalue weighted by Crippen LogP contribution is -2.47. The van der Waals surface area contributed by atoms with Crippen molar-refractivity contribution in [1.29, 1.82) is 0 Å². The largest absolute Gasteiger partial charge is 0.353 e. The van der Waals surface area contributed by atoms with Crippen molar-refractivity contribution in [2.24, 2.45) is 0 Å². The minimum atomic E-state index is 0.736. The Kier molecular flexibility index (Phi) is 4.27. The Morgan fingerprint density at radius 2 is 1.59 bits per heavy atom. The van der Waals surface area contributed by atoms with Gasteiger partial charge in [0.05, 0.1) is 11.7 Å². The van der Waals surface area contributed by atoms with E-state index in [9.17, 15) is 0 Å². The molecule has 0 aliphatic carbocycles. The van der Waals surface area contributed by atoms with Gasteiger partial charge in [0.25, 0.3) is 0 Å². The van der Waals surface area contributed by atoms with Crippen molar-refractivity contribution in [1.82, 2.24) is 34.7 Å². The number of hydrogen-bond donors (Lipinski definition) is 0. The minimum Gasteiger partial charge on any atom is -0.353 e. The van der Waals surface area contributed by atoms with Crippen LogP contribution in [0.2, 0.25) is 0 Å². The molecule has 0 N–H and O–H groups in total. The van der Waals surface area contributed by atoms with Crippen LogP contribution in [0.3, 0.4) is 0 Å². The first-order valence-corrected chi connectivity index (χ1v) is 9.61. The number of pyridine rings is 1. The van der Waals surface area contributed by atoms with Gasteiger partial charge in [-0.1, -0.05) is 0 Å². The highest BCUT2D eigenvalue weighted by atomic mass is 15.3. The second-order valence-electron chi connectivity index (χ2n) is 7.04. The SMILES string of the molecule is Cc1nc(N2CCN(c3nc(C)nc4cnccc34)CC2)cc(-n2cccn2)n1. The van der Waals surface area contributed by atoms with E-state index in [1.807, 2.05) is 38.2 Å². The highest BCUT2D eigenvalue weighted by Crippen LogP contribution is 2.25. The van der Waals surface area contributed by atoms with Gasteiger partial charge in [0, 0.05) is 56.2 Å². The molecule has 4 aromatic heterocycles. The Morgan fingerprint density at radius 3 is 2.38 bits per heavy atom. The molecule has 1 aliphatic heterocycles. The molecule has 9 heteroatoms. The fourth-order valence-corrected chi connectivity index (χ4v) is 3.69. The number of hydrogen-bond acceptors (Lipinski definition) is 8. The van der Waals surface area contributed by atoms with Crippen LogP contribution in [-0.2, 0) is 0 Å².